The first-order valence-corrected chi connectivity index (χ1v) is 5.40. The highest BCUT2D eigenvalue weighted by Gasteiger charge is 2.18. The molecule has 92 valence electrons. The van der Waals surface area contributed by atoms with Crippen LogP contribution in [0.5, 0.6) is 0 Å². The molecule has 1 amide bonds. The number of amides is 1. The molecule has 0 aromatic carbocycles. The summed E-state index contributed by atoms with van der Waals surface area (Å²) in [5.41, 5.74) is 0. The third-order valence-corrected chi connectivity index (χ3v) is 2.46. The van der Waals surface area contributed by atoms with Gasteiger partial charge < -0.3 is 20.5 Å². The summed E-state index contributed by atoms with van der Waals surface area (Å²) in [6.07, 6.45) is 0.326. The zero-order valence-electron chi connectivity index (χ0n) is 9.36. The number of carbonyl (C=O) groups is 2. The number of carboxylic acids is 1. The molecular weight excluding hydrogens is 212 g/mol. The van der Waals surface area contributed by atoms with Crippen molar-refractivity contribution >= 4 is 11.9 Å². The van der Waals surface area contributed by atoms with E-state index in [-0.39, 0.29) is 18.5 Å². The van der Waals surface area contributed by atoms with Crippen molar-refractivity contribution in [3.05, 3.63) is 0 Å². The maximum Gasteiger partial charge on any atom is 0.308 e. The highest BCUT2D eigenvalue weighted by molar-refractivity contribution is 5.77. The molecule has 6 nitrogen and oxygen atoms in total. The van der Waals surface area contributed by atoms with Crippen LogP contribution in [0.2, 0.25) is 0 Å². The third kappa shape index (κ3) is 4.59. The van der Waals surface area contributed by atoms with Crippen LogP contribution in [-0.2, 0) is 14.3 Å². The topological polar surface area (TPSA) is 87.7 Å². The summed E-state index contributed by atoms with van der Waals surface area (Å²) in [5.74, 6) is -1.60. The Morgan fingerprint density at radius 3 is 2.94 bits per heavy atom. The lowest BCUT2D eigenvalue weighted by atomic mass is 10.1. The van der Waals surface area contributed by atoms with E-state index < -0.39 is 11.9 Å². The lowest BCUT2D eigenvalue weighted by molar-refractivity contribution is -0.141. The standard InChI is InChI=1S/C10H18N2O4/c1-7(10(14)15)5-12-9(13)4-8-6-16-3-2-11-8/h7-8,11H,2-6H2,1H3,(H,12,13)(H,14,15). The molecule has 0 aromatic rings. The molecule has 1 rings (SSSR count). The van der Waals surface area contributed by atoms with Gasteiger partial charge in [0, 0.05) is 25.6 Å². The lowest BCUT2D eigenvalue weighted by Crippen LogP contribution is -2.44. The van der Waals surface area contributed by atoms with Crippen molar-refractivity contribution in [2.45, 2.75) is 19.4 Å². The average Bonchev–Trinajstić information content (AvgIpc) is 2.27. The Hall–Kier alpha value is -1.14. The molecule has 1 fully saturated rings. The molecule has 6 heteroatoms. The molecule has 0 saturated carbocycles. The van der Waals surface area contributed by atoms with Crippen LogP contribution in [0.15, 0.2) is 0 Å². The summed E-state index contributed by atoms with van der Waals surface area (Å²) in [5, 5.41) is 14.4. The van der Waals surface area contributed by atoms with E-state index in [0.717, 1.165) is 6.54 Å². The minimum absolute atomic E-state index is 0.0360. The van der Waals surface area contributed by atoms with Crippen molar-refractivity contribution in [1.82, 2.24) is 10.6 Å². The Kier molecular flexibility index (Phi) is 5.21. The number of morpholine rings is 1. The van der Waals surface area contributed by atoms with Crippen molar-refractivity contribution in [3.63, 3.8) is 0 Å². The van der Waals surface area contributed by atoms with Crippen LogP contribution in [0.1, 0.15) is 13.3 Å². The maximum atomic E-state index is 11.4. The molecule has 2 unspecified atom stereocenters. The van der Waals surface area contributed by atoms with E-state index in [1.54, 1.807) is 6.92 Å². The molecule has 3 N–H and O–H groups in total. The van der Waals surface area contributed by atoms with E-state index in [2.05, 4.69) is 10.6 Å². The first-order chi connectivity index (χ1) is 7.59. The van der Waals surface area contributed by atoms with Gasteiger partial charge in [-0.2, -0.15) is 0 Å². The van der Waals surface area contributed by atoms with Crippen LogP contribution in [-0.4, -0.2) is 49.3 Å². The summed E-state index contributed by atoms with van der Waals surface area (Å²) < 4.78 is 5.21. The second-order valence-corrected chi connectivity index (χ2v) is 3.97. The van der Waals surface area contributed by atoms with E-state index in [4.69, 9.17) is 9.84 Å². The molecular formula is C10H18N2O4. The molecule has 0 spiro atoms. The van der Waals surface area contributed by atoms with Crippen molar-refractivity contribution in [3.8, 4) is 0 Å². The zero-order chi connectivity index (χ0) is 12.0. The molecule has 1 saturated heterocycles. The number of hydrogen-bond donors (Lipinski definition) is 3. The summed E-state index contributed by atoms with van der Waals surface area (Å²) >= 11 is 0. The molecule has 0 aliphatic carbocycles. The first-order valence-electron chi connectivity index (χ1n) is 5.40. The van der Waals surface area contributed by atoms with Crippen molar-refractivity contribution in [2.24, 2.45) is 5.92 Å². The van der Waals surface area contributed by atoms with Gasteiger partial charge in [-0.25, -0.2) is 0 Å². The van der Waals surface area contributed by atoms with E-state index in [0.29, 0.717) is 19.6 Å². The Labute approximate surface area is 94.3 Å². The minimum atomic E-state index is -0.903. The molecule has 0 bridgehead atoms. The van der Waals surface area contributed by atoms with E-state index >= 15 is 0 Å². The summed E-state index contributed by atoms with van der Waals surface area (Å²) in [7, 11) is 0. The number of rotatable bonds is 5. The fourth-order valence-electron chi connectivity index (χ4n) is 1.40. The van der Waals surface area contributed by atoms with Gasteiger partial charge in [0.25, 0.3) is 0 Å². The number of carboxylic acid groups (broad SMARTS) is 1. The fourth-order valence-corrected chi connectivity index (χ4v) is 1.40. The van der Waals surface area contributed by atoms with Gasteiger partial charge in [-0.1, -0.05) is 6.92 Å². The van der Waals surface area contributed by atoms with Crippen LogP contribution >= 0.6 is 0 Å². The summed E-state index contributed by atoms with van der Waals surface area (Å²) in [6.45, 7) is 3.69. The highest BCUT2D eigenvalue weighted by atomic mass is 16.5. The quantitative estimate of drug-likeness (QED) is 0.575. The Balaban J connectivity index is 2.17. The van der Waals surface area contributed by atoms with Gasteiger partial charge in [0.15, 0.2) is 0 Å². The van der Waals surface area contributed by atoms with Crippen molar-refractivity contribution in [2.75, 3.05) is 26.3 Å². The molecule has 16 heavy (non-hydrogen) atoms. The van der Waals surface area contributed by atoms with Gasteiger partial charge >= 0.3 is 5.97 Å². The van der Waals surface area contributed by atoms with Crippen LogP contribution < -0.4 is 10.6 Å². The van der Waals surface area contributed by atoms with Gasteiger partial charge in [-0.05, 0) is 0 Å². The van der Waals surface area contributed by atoms with Crippen molar-refractivity contribution < 1.29 is 19.4 Å². The first kappa shape index (κ1) is 12.9. The number of carbonyl (C=O) groups excluding carboxylic acids is 1. The highest BCUT2D eigenvalue weighted by Crippen LogP contribution is 1.99. The monoisotopic (exact) mass is 230 g/mol. The second-order valence-electron chi connectivity index (χ2n) is 3.97. The van der Waals surface area contributed by atoms with Gasteiger partial charge in [-0.3, -0.25) is 9.59 Å². The molecule has 1 aliphatic heterocycles. The number of aliphatic carboxylic acids is 1. The van der Waals surface area contributed by atoms with Crippen molar-refractivity contribution in [1.29, 1.82) is 0 Å². The molecule has 2 atom stereocenters. The molecule has 0 radical (unpaired) electrons. The SMILES string of the molecule is CC(CNC(=O)CC1COCCN1)C(=O)O. The van der Waals surface area contributed by atoms with Crippen LogP contribution in [0.4, 0.5) is 0 Å². The maximum absolute atomic E-state index is 11.4. The largest absolute Gasteiger partial charge is 0.481 e. The predicted octanol–water partition coefficient (Wildman–Crippen LogP) is -0.798. The van der Waals surface area contributed by atoms with E-state index in [9.17, 15) is 9.59 Å². The molecule has 1 heterocycles. The van der Waals surface area contributed by atoms with Gasteiger partial charge in [-0.15, -0.1) is 0 Å². The normalized spacial score (nSPS) is 22.4. The number of nitrogens with one attached hydrogen (secondary N) is 2. The molecule has 1 aliphatic rings. The Morgan fingerprint density at radius 2 is 2.38 bits per heavy atom. The minimum Gasteiger partial charge on any atom is -0.481 e. The van der Waals surface area contributed by atoms with E-state index in [1.165, 1.54) is 0 Å². The predicted molar refractivity (Wildman–Crippen MR) is 57.0 cm³/mol. The summed E-state index contributed by atoms with van der Waals surface area (Å²) in [4.78, 5) is 22.0. The van der Waals surface area contributed by atoms with E-state index in [1.807, 2.05) is 0 Å². The molecule has 0 aromatic heterocycles. The summed E-state index contributed by atoms with van der Waals surface area (Å²) in [6, 6.07) is 0.0360. The number of hydrogen-bond acceptors (Lipinski definition) is 4. The average molecular weight is 230 g/mol. The van der Waals surface area contributed by atoms with Gasteiger partial charge in [0.1, 0.15) is 0 Å². The third-order valence-electron chi connectivity index (χ3n) is 2.46. The fraction of sp³-hybridized carbons (Fsp3) is 0.800. The van der Waals surface area contributed by atoms with Crippen LogP contribution in [0, 0.1) is 5.92 Å². The van der Waals surface area contributed by atoms with Gasteiger partial charge in [0.05, 0.1) is 19.1 Å². The Bertz CT molecular complexity index is 251. The van der Waals surface area contributed by atoms with Crippen LogP contribution in [0.3, 0.4) is 0 Å². The second kappa shape index (κ2) is 6.44. The van der Waals surface area contributed by atoms with Crippen LogP contribution in [0.25, 0.3) is 0 Å². The zero-order valence-corrected chi connectivity index (χ0v) is 9.36. The van der Waals surface area contributed by atoms with Gasteiger partial charge in [0.2, 0.25) is 5.91 Å². The smallest absolute Gasteiger partial charge is 0.308 e. The lowest BCUT2D eigenvalue weighted by Gasteiger charge is -2.23. The Morgan fingerprint density at radius 1 is 1.62 bits per heavy atom. The number of ether oxygens (including phenoxy) is 1.